The topological polar surface area (TPSA) is 164 Å². The lowest BCUT2D eigenvalue weighted by Crippen LogP contribution is -2.54. The molecule has 2 N–H and O–H groups in total. The number of esters is 4. The van der Waals surface area contributed by atoms with Crippen molar-refractivity contribution in [2.45, 2.75) is 385 Å². The molecule has 0 aromatic carbocycles. The molecule has 13 aliphatic rings. The first-order valence-corrected chi connectivity index (χ1v) is 47.7. The molecule has 12 aliphatic carbocycles. The lowest BCUT2D eigenvalue weighted by atomic mass is 9.65. The first-order valence-electron chi connectivity index (χ1n) is 47.7. The number of rotatable bonds is 13. The zero-order valence-corrected chi connectivity index (χ0v) is 82.8. The fourth-order valence-corrected chi connectivity index (χ4v) is 24.2. The van der Waals surface area contributed by atoms with E-state index in [4.69, 9.17) is 9.47 Å². The van der Waals surface area contributed by atoms with E-state index < -0.39 is 156 Å². The van der Waals surface area contributed by atoms with Crippen molar-refractivity contribution in [3.05, 3.63) is 0 Å². The number of aliphatic hydroxyl groups is 2. The monoisotopic (exact) mass is 2010 g/mol. The average molecular weight is 2010 g/mol. The molecule has 13 rings (SSSR count). The predicted molar refractivity (Wildman–Crippen MR) is 451 cm³/mol. The van der Waals surface area contributed by atoms with Crippen molar-refractivity contribution in [3.63, 3.8) is 0 Å². The van der Waals surface area contributed by atoms with Gasteiger partial charge in [-0.3, -0.25) is 19.2 Å². The van der Waals surface area contributed by atoms with Gasteiger partial charge in [-0.05, 0) is 313 Å². The number of halogens is 27. The van der Waals surface area contributed by atoms with Gasteiger partial charge >= 0.3 is 79.5 Å². The van der Waals surface area contributed by atoms with E-state index in [9.17, 15) is 148 Å². The zero-order chi connectivity index (χ0) is 105. The summed E-state index contributed by atoms with van der Waals surface area (Å²) in [5.74, 6) is -6.76. The van der Waals surface area contributed by atoms with Crippen molar-refractivity contribution in [1.29, 1.82) is 0 Å². The number of hydrogen-bond acceptors (Lipinski definition) is 12. The highest BCUT2D eigenvalue weighted by atomic mass is 19.4. The summed E-state index contributed by atoms with van der Waals surface area (Å²) in [6.07, 6.45) is -32.5. The molecule has 0 radical (unpaired) electrons. The minimum atomic E-state index is -4.91. The highest BCUT2D eigenvalue weighted by Crippen LogP contribution is 2.71. The molecule has 12 bridgehead atoms. The number of carbonyl (C=O) groups is 4. The van der Waals surface area contributed by atoms with Crippen molar-refractivity contribution >= 4 is 23.9 Å². The summed E-state index contributed by atoms with van der Waals surface area (Å²) in [5, 5.41) is 19.0. The van der Waals surface area contributed by atoms with Gasteiger partial charge in [0, 0.05) is 0 Å². The second-order valence-corrected chi connectivity index (χ2v) is 43.4. The number of alkyl halides is 27. The highest BCUT2D eigenvalue weighted by Gasteiger charge is 2.77. The van der Waals surface area contributed by atoms with Crippen LogP contribution in [-0.4, -0.2) is 146 Å². The van der Waals surface area contributed by atoms with Crippen LogP contribution >= 0.6 is 0 Å². The highest BCUT2D eigenvalue weighted by molar-refractivity contribution is 5.81. The SMILES string of the molecule is CC(O)(CC1CC2CCC1C2)C(F)(F)F.CC1C2CC(C1C)C(C(=O)OC(C)C(F)(F)F)(C(F)(F)F)C2.CC1C2CC(C1C)C(C(=O)OCC(F)(F)F)(C(F)(F)F)C2.CC1C2CC(C1C)C(C(F)(F)F)C2.CC1C2CC(CC(C)(O)C(F)(F)F)C(C2)C1C.CC1OC(C)(C)OC1C.CCC(C)(C)C(=O)OC.CCC(C)C(F)(F)F.CCCC.COC(=O)C1(C(F)(F)F)CC2CC1C(C)C2C. The van der Waals surface area contributed by atoms with Crippen molar-refractivity contribution in [2.24, 2.45) is 176 Å². The molecule has 0 aromatic rings. The Morgan fingerprint density at radius 1 is 0.407 bits per heavy atom. The Bertz CT molecular complexity index is 3690. The van der Waals surface area contributed by atoms with Crippen molar-refractivity contribution in [2.75, 3.05) is 20.8 Å². The van der Waals surface area contributed by atoms with Crippen LogP contribution in [0.5, 0.6) is 0 Å². The van der Waals surface area contributed by atoms with E-state index in [2.05, 4.69) is 53.6 Å². The predicted octanol–water partition coefficient (Wildman–Crippen LogP) is 29.1. The molecule has 796 valence electrons. The first kappa shape index (κ1) is 123. The molecule has 0 aromatic heterocycles. The van der Waals surface area contributed by atoms with Crippen LogP contribution in [0.15, 0.2) is 0 Å². The summed E-state index contributed by atoms with van der Waals surface area (Å²) >= 11 is 0. The van der Waals surface area contributed by atoms with Crippen LogP contribution in [-0.2, 0) is 47.6 Å². The summed E-state index contributed by atoms with van der Waals surface area (Å²) in [6.45, 7) is 40.2. The molecule has 12 saturated carbocycles. The molecule has 12 nitrogen and oxygen atoms in total. The summed E-state index contributed by atoms with van der Waals surface area (Å²) in [5.41, 5.74) is -13.2. The lowest BCUT2D eigenvalue weighted by Gasteiger charge is -2.42. The number of hydrogen-bond donors (Lipinski definition) is 2. The Labute approximate surface area is 779 Å². The summed E-state index contributed by atoms with van der Waals surface area (Å²) in [7, 11) is 2.45. The van der Waals surface area contributed by atoms with Gasteiger partial charge in [0.1, 0.15) is 0 Å². The lowest BCUT2D eigenvalue weighted by molar-refractivity contribution is -0.269. The van der Waals surface area contributed by atoms with Crippen LogP contribution < -0.4 is 0 Å². The van der Waals surface area contributed by atoms with Gasteiger partial charge in [0.25, 0.3) is 0 Å². The third kappa shape index (κ3) is 28.5. The third-order valence-corrected chi connectivity index (χ3v) is 34.5. The van der Waals surface area contributed by atoms with Crippen LogP contribution in [0.3, 0.4) is 0 Å². The first-order chi connectivity index (χ1) is 60.8. The van der Waals surface area contributed by atoms with Gasteiger partial charge in [-0.15, -0.1) is 0 Å². The van der Waals surface area contributed by atoms with E-state index in [0.717, 1.165) is 65.9 Å². The number of carbonyl (C=O) groups excluding carboxylic acids is 4. The number of methoxy groups -OCH3 is 2. The van der Waals surface area contributed by atoms with Crippen molar-refractivity contribution in [1.82, 2.24) is 0 Å². The summed E-state index contributed by atoms with van der Waals surface area (Å²) < 4.78 is 370. The molecule has 34 unspecified atom stereocenters. The Morgan fingerprint density at radius 2 is 0.770 bits per heavy atom. The van der Waals surface area contributed by atoms with E-state index in [1.165, 1.54) is 40.2 Å². The standard InChI is InChI=1S/C14H18F6O2.C13H16F6O2.C13H21F3O.C12H17F3O2.C11H17F3O.C10H15F3.2C7H14O2.C5H9F3.C4H10/c1-6-7(2)10-4-9(6)5-12(10,14(18,19)20)11(21)22-8(3)13(15,16)17;1-6-7(2)9-3-8(6)4-11(9,13(17,18)19)10(20)21-5-12(14,15)16;1-7-8(2)11-5-9(7)4-10(11)6-12(3,17)13(14,15)16;1-6-7(2)9-4-8(6)5-11(9,10(16)17-3)12(13,14)15;1-10(15,11(12,13)14)6-9-5-7-2-3-8(9)4-7;1-5-6(2)8-3-7(5)4-9(8)10(11,12)13;1-5-6(2)9-7(3,4)8-5;1-5-7(2,3)6(8)9-4;1-3-4(2)5(6,7)8;1-3-4-2/h6-10H,4-5H2,1-3H3;6-9H,3-5H2,1-2H3;7-11,17H,4-6H2,1-3H3;6-9H,4-5H2,1-3H3;7-9,15H,2-6H2,1H3;5-9H,3-4H2,1-2H3;5-6H,1-4H3;5H2,1-4H3;4H,3H2,1-2H3;3-4H2,1-2H3. The number of ether oxygens (including phenoxy) is 6. The van der Waals surface area contributed by atoms with Crippen molar-refractivity contribution < 1.29 is 176 Å². The van der Waals surface area contributed by atoms with Gasteiger partial charge < -0.3 is 38.6 Å². The molecule has 34 atom stereocenters. The van der Waals surface area contributed by atoms with Gasteiger partial charge in [0.15, 0.2) is 45.9 Å². The molecule has 0 amide bonds. The van der Waals surface area contributed by atoms with E-state index in [1.807, 2.05) is 83.1 Å². The van der Waals surface area contributed by atoms with Gasteiger partial charge in [-0.1, -0.05) is 123 Å². The second kappa shape index (κ2) is 45.4. The van der Waals surface area contributed by atoms with Gasteiger partial charge in [0.2, 0.25) is 0 Å². The molecule has 1 aliphatic heterocycles. The zero-order valence-electron chi connectivity index (χ0n) is 82.8. The summed E-state index contributed by atoms with van der Waals surface area (Å²) in [4.78, 5) is 46.5. The third-order valence-electron chi connectivity index (χ3n) is 34.5. The number of fused-ring (bicyclic) bond motifs is 12. The minimum Gasteiger partial charge on any atom is -0.469 e. The van der Waals surface area contributed by atoms with Crippen LogP contribution in [0.2, 0.25) is 0 Å². The Morgan fingerprint density at radius 3 is 1.01 bits per heavy atom. The molecule has 1 saturated heterocycles. The smallest absolute Gasteiger partial charge is 0.425 e. The fraction of sp³-hybridized carbons (Fsp3) is 0.958. The Kier molecular flexibility index (Phi) is 41.4. The summed E-state index contributed by atoms with van der Waals surface area (Å²) in [6, 6.07) is 0. The molecular weight excluding hydrogens is 1860 g/mol. The molecule has 13 fully saturated rings. The van der Waals surface area contributed by atoms with E-state index in [-0.39, 0.29) is 145 Å². The van der Waals surface area contributed by atoms with Gasteiger partial charge in [-0.25, -0.2) is 0 Å². The van der Waals surface area contributed by atoms with Crippen LogP contribution in [0.25, 0.3) is 0 Å². The average Bonchev–Trinajstić information content (AvgIpc) is 1.56. The molecular formula is C96H151F27O12. The Hall–Kier alpha value is -4.17. The fourth-order valence-electron chi connectivity index (χ4n) is 24.2. The molecule has 39 heteroatoms. The molecule has 135 heavy (non-hydrogen) atoms. The largest absolute Gasteiger partial charge is 0.469 e. The quantitative estimate of drug-likeness (QED) is 0.102. The van der Waals surface area contributed by atoms with E-state index >= 15 is 0 Å². The van der Waals surface area contributed by atoms with Crippen molar-refractivity contribution in [3.8, 4) is 0 Å². The maximum Gasteiger partial charge on any atom is 0.425 e. The normalized spacial score (nSPS) is 37.9. The van der Waals surface area contributed by atoms with Gasteiger partial charge in [-0.2, -0.15) is 119 Å². The van der Waals surface area contributed by atoms with Crippen LogP contribution in [0.4, 0.5) is 119 Å². The van der Waals surface area contributed by atoms with Crippen LogP contribution in [0.1, 0.15) is 295 Å². The minimum absolute atomic E-state index is 0.00396. The van der Waals surface area contributed by atoms with E-state index in [1.54, 1.807) is 13.8 Å². The van der Waals surface area contributed by atoms with Gasteiger partial charge in [0.05, 0.1) is 43.7 Å². The maximum atomic E-state index is 13.6. The molecule has 0 spiro atoms. The number of unbranched alkanes of at least 4 members (excludes halogenated alkanes) is 1. The second-order valence-electron chi connectivity index (χ2n) is 43.4. The van der Waals surface area contributed by atoms with Crippen LogP contribution in [0, 0.1) is 176 Å². The van der Waals surface area contributed by atoms with E-state index in [0.29, 0.717) is 67.1 Å². The molecule has 1 heterocycles. The maximum absolute atomic E-state index is 13.6. The Balaban J connectivity index is 0.000000321.